The minimum Gasteiger partial charge on any atom is -0.394 e. The lowest BCUT2D eigenvalue weighted by atomic mass is 10.1. The van der Waals surface area contributed by atoms with Gasteiger partial charge in [-0.05, 0) is 0 Å². The van der Waals surface area contributed by atoms with Crippen molar-refractivity contribution >= 4 is 12.2 Å². The lowest BCUT2D eigenvalue weighted by molar-refractivity contribution is -0.0518. The van der Waals surface area contributed by atoms with Gasteiger partial charge in [-0.15, -0.1) is 0 Å². The number of anilines is 1. The molecule has 9 nitrogen and oxygen atoms in total. The Kier molecular flexibility index (Phi) is 3.44. The van der Waals surface area contributed by atoms with Crippen molar-refractivity contribution in [2.75, 3.05) is 18.5 Å². The average molecular weight is 284 g/mol. The number of aromatic nitrogens is 2. The van der Waals surface area contributed by atoms with E-state index >= 15 is 0 Å². The Hall–Kier alpha value is -1.52. The number of imidazole rings is 1. The molecular formula is C11H16N4O5. The van der Waals surface area contributed by atoms with Crippen molar-refractivity contribution in [3.63, 3.8) is 0 Å². The molecule has 0 aliphatic carbocycles. The normalized spacial score (nSPS) is 36.5. The first-order chi connectivity index (χ1) is 9.63. The zero-order valence-electron chi connectivity index (χ0n) is 10.5. The maximum atomic E-state index is 10.0. The van der Waals surface area contributed by atoms with Gasteiger partial charge in [-0.2, -0.15) is 0 Å². The smallest absolute Gasteiger partial charge is 0.165 e. The topological polar surface area (TPSA) is 132 Å². The minimum atomic E-state index is -1.20. The number of ether oxygens (including phenoxy) is 1. The van der Waals surface area contributed by atoms with E-state index in [0.29, 0.717) is 11.5 Å². The van der Waals surface area contributed by atoms with Gasteiger partial charge in [0.05, 0.1) is 25.8 Å². The number of aliphatic hydroxyl groups is 4. The predicted octanol–water partition coefficient (Wildman–Crippen LogP) is -2.02. The van der Waals surface area contributed by atoms with Gasteiger partial charge in [0.25, 0.3) is 0 Å². The summed E-state index contributed by atoms with van der Waals surface area (Å²) in [5.41, 5.74) is 0.389. The molecule has 1 aromatic rings. The van der Waals surface area contributed by atoms with Gasteiger partial charge in [0, 0.05) is 0 Å². The van der Waals surface area contributed by atoms with Crippen LogP contribution in [0.15, 0.2) is 11.3 Å². The van der Waals surface area contributed by atoms with E-state index in [1.54, 1.807) is 0 Å². The Morgan fingerprint density at radius 3 is 2.85 bits per heavy atom. The second-order valence-electron chi connectivity index (χ2n) is 4.77. The quantitative estimate of drug-likeness (QED) is 0.423. The van der Waals surface area contributed by atoms with E-state index in [9.17, 15) is 15.3 Å². The highest BCUT2D eigenvalue weighted by molar-refractivity contribution is 5.76. The Balaban J connectivity index is 1.94. The van der Waals surface area contributed by atoms with Crippen molar-refractivity contribution in [3.8, 4) is 0 Å². The van der Waals surface area contributed by atoms with Crippen molar-refractivity contribution in [3.05, 3.63) is 12.0 Å². The van der Waals surface area contributed by atoms with Crippen LogP contribution in [0.4, 0.5) is 5.82 Å². The molecule has 0 spiro atoms. The van der Waals surface area contributed by atoms with E-state index in [0.717, 1.165) is 0 Å². The van der Waals surface area contributed by atoms with E-state index in [-0.39, 0.29) is 6.54 Å². The monoisotopic (exact) mass is 284 g/mol. The third-order valence-electron chi connectivity index (χ3n) is 3.50. The number of nitrogens with zero attached hydrogens (tertiary/aromatic N) is 3. The third kappa shape index (κ3) is 2.00. The van der Waals surface area contributed by atoms with Gasteiger partial charge in [0.15, 0.2) is 6.23 Å². The summed E-state index contributed by atoms with van der Waals surface area (Å²) in [7, 11) is 0. The first-order valence-electron chi connectivity index (χ1n) is 6.25. The number of fused-ring (bicyclic) bond motifs is 1. The van der Waals surface area contributed by atoms with Gasteiger partial charge in [-0.1, -0.05) is 0 Å². The fourth-order valence-corrected chi connectivity index (χ4v) is 2.42. The van der Waals surface area contributed by atoms with E-state index in [1.807, 2.05) is 0 Å². The van der Waals surface area contributed by atoms with Crippen LogP contribution in [0.5, 0.6) is 0 Å². The van der Waals surface area contributed by atoms with E-state index in [2.05, 4.69) is 15.3 Å². The van der Waals surface area contributed by atoms with Crippen LogP contribution < -0.4 is 5.32 Å². The van der Waals surface area contributed by atoms with Crippen molar-refractivity contribution in [2.45, 2.75) is 30.6 Å². The van der Waals surface area contributed by atoms with Crippen LogP contribution in [0.25, 0.3) is 0 Å². The summed E-state index contributed by atoms with van der Waals surface area (Å²) in [4.78, 5) is 8.03. The van der Waals surface area contributed by atoms with Crippen LogP contribution in [0.2, 0.25) is 0 Å². The molecule has 9 heteroatoms. The van der Waals surface area contributed by atoms with Crippen molar-refractivity contribution in [2.24, 2.45) is 4.99 Å². The van der Waals surface area contributed by atoms with Crippen LogP contribution in [0.1, 0.15) is 18.0 Å². The number of aliphatic imine (C=N–C) groups is 1. The average Bonchev–Trinajstić information content (AvgIpc) is 2.92. The molecule has 1 fully saturated rings. The number of nitrogens with one attached hydrogen (secondary N) is 1. The largest absolute Gasteiger partial charge is 0.394 e. The molecule has 0 amide bonds. The molecule has 110 valence electrons. The summed E-state index contributed by atoms with van der Waals surface area (Å²) < 4.78 is 6.90. The van der Waals surface area contributed by atoms with E-state index in [1.165, 1.54) is 17.2 Å². The molecule has 1 saturated heterocycles. The number of rotatable bonds is 2. The molecule has 0 radical (unpaired) electrons. The molecule has 20 heavy (non-hydrogen) atoms. The van der Waals surface area contributed by atoms with Gasteiger partial charge in [-0.3, -0.25) is 9.56 Å². The highest BCUT2D eigenvalue weighted by atomic mass is 16.6. The lowest BCUT2D eigenvalue weighted by Crippen LogP contribution is -2.33. The van der Waals surface area contributed by atoms with Crippen molar-refractivity contribution in [1.29, 1.82) is 0 Å². The highest BCUT2D eigenvalue weighted by Gasteiger charge is 2.44. The summed E-state index contributed by atoms with van der Waals surface area (Å²) in [5, 5.41) is 41.6. The zero-order valence-corrected chi connectivity index (χ0v) is 10.5. The standard InChI is InChI=1S/C11H16N4O5/c16-2-6-8(18)9(19)11(20-6)15-4-14-7-5(17)1-12-3-13-10(7)15/h3-6,8-9,11,16-19H,1-2H2,(H,12,13)/t5-,6+,8-,9+,11+/m0/s1. The Bertz CT molecular complexity index is 519. The van der Waals surface area contributed by atoms with Gasteiger partial charge in [-0.25, -0.2) is 4.98 Å². The summed E-state index contributed by atoms with van der Waals surface area (Å²) in [6.07, 6.45) is -2.18. The highest BCUT2D eigenvalue weighted by Crippen LogP contribution is 2.34. The molecule has 1 aromatic heterocycles. The molecule has 5 atom stereocenters. The Labute approximate surface area is 114 Å². The van der Waals surface area contributed by atoms with Gasteiger partial charge < -0.3 is 30.5 Å². The SMILES string of the molecule is OC[C@H]1O[C@@H](n2cnc3c2NC=NC[C@@H]3O)[C@H](O)[C@H]1O. The fourth-order valence-electron chi connectivity index (χ4n) is 2.42. The molecule has 0 bridgehead atoms. The van der Waals surface area contributed by atoms with Crippen LogP contribution in [-0.4, -0.2) is 67.8 Å². The van der Waals surface area contributed by atoms with Crippen LogP contribution >= 0.6 is 0 Å². The minimum absolute atomic E-state index is 0.187. The van der Waals surface area contributed by atoms with Crippen LogP contribution in [0.3, 0.4) is 0 Å². The molecule has 0 aromatic carbocycles. The maximum absolute atomic E-state index is 10.0. The zero-order chi connectivity index (χ0) is 14.3. The summed E-state index contributed by atoms with van der Waals surface area (Å²) in [6.45, 7) is -0.212. The van der Waals surface area contributed by atoms with Crippen molar-refractivity contribution < 1.29 is 25.2 Å². The first kappa shape index (κ1) is 13.5. The summed E-state index contributed by atoms with van der Waals surface area (Å²) >= 11 is 0. The fraction of sp³-hybridized carbons (Fsp3) is 0.636. The molecule has 5 N–H and O–H groups in total. The Morgan fingerprint density at radius 1 is 1.35 bits per heavy atom. The maximum Gasteiger partial charge on any atom is 0.165 e. The predicted molar refractivity (Wildman–Crippen MR) is 67.2 cm³/mol. The third-order valence-corrected chi connectivity index (χ3v) is 3.50. The van der Waals surface area contributed by atoms with Crippen LogP contribution in [0, 0.1) is 0 Å². The van der Waals surface area contributed by atoms with E-state index in [4.69, 9.17) is 9.84 Å². The molecule has 0 unspecified atom stereocenters. The molecule has 2 aliphatic rings. The second-order valence-corrected chi connectivity index (χ2v) is 4.77. The van der Waals surface area contributed by atoms with E-state index < -0.39 is 37.3 Å². The first-order valence-corrected chi connectivity index (χ1v) is 6.25. The van der Waals surface area contributed by atoms with Crippen molar-refractivity contribution in [1.82, 2.24) is 9.55 Å². The molecular weight excluding hydrogens is 268 g/mol. The molecule has 2 aliphatic heterocycles. The lowest BCUT2D eigenvalue weighted by Gasteiger charge is -2.19. The van der Waals surface area contributed by atoms with Gasteiger partial charge in [0.1, 0.15) is 35.9 Å². The van der Waals surface area contributed by atoms with Crippen LogP contribution in [-0.2, 0) is 4.74 Å². The Morgan fingerprint density at radius 2 is 2.15 bits per heavy atom. The summed E-state index contributed by atoms with van der Waals surface area (Å²) in [6, 6.07) is 0. The number of hydrogen-bond acceptors (Lipinski definition) is 8. The summed E-state index contributed by atoms with van der Waals surface area (Å²) in [5.74, 6) is 0.439. The van der Waals surface area contributed by atoms with Gasteiger partial charge in [0.2, 0.25) is 0 Å². The molecule has 3 heterocycles. The van der Waals surface area contributed by atoms with Gasteiger partial charge >= 0.3 is 0 Å². The molecule has 3 rings (SSSR count). The number of hydrogen-bond donors (Lipinski definition) is 5. The second kappa shape index (κ2) is 5.11. The number of aliphatic hydroxyl groups excluding tert-OH is 4. The molecule has 0 saturated carbocycles.